The maximum absolute atomic E-state index is 12.8. The van der Waals surface area contributed by atoms with Crippen LogP contribution in [0.3, 0.4) is 0 Å². The molecule has 0 aromatic heterocycles. The fourth-order valence-corrected chi connectivity index (χ4v) is 3.45. The zero-order valence-electron chi connectivity index (χ0n) is 14.5. The summed E-state index contributed by atoms with van der Waals surface area (Å²) in [6.07, 6.45) is 1.17. The minimum atomic E-state index is -1.08. The highest BCUT2D eigenvalue weighted by Crippen LogP contribution is 2.41. The van der Waals surface area contributed by atoms with Crippen LogP contribution in [-0.2, 0) is 20.7 Å². The molecule has 1 aromatic rings. The lowest BCUT2D eigenvalue weighted by Crippen LogP contribution is -2.55. The van der Waals surface area contributed by atoms with Crippen LogP contribution in [0.4, 0.5) is 0 Å². The highest BCUT2D eigenvalue weighted by Gasteiger charge is 2.53. The number of ketones is 2. The molecule has 3 atom stereocenters. The highest BCUT2D eigenvalue weighted by atomic mass is 16.5. The molecular formula is C20H26O3. The molecule has 0 amide bonds. The van der Waals surface area contributed by atoms with Gasteiger partial charge in [-0.1, -0.05) is 43.3 Å². The lowest BCUT2D eigenvalue weighted by Gasteiger charge is -2.43. The monoisotopic (exact) mass is 314 g/mol. The van der Waals surface area contributed by atoms with Crippen molar-refractivity contribution in [2.75, 3.05) is 0 Å². The van der Waals surface area contributed by atoms with Gasteiger partial charge in [-0.05, 0) is 45.6 Å². The maximum Gasteiger partial charge on any atom is 0.177 e. The van der Waals surface area contributed by atoms with Gasteiger partial charge in [-0.3, -0.25) is 9.59 Å². The number of hydrogen-bond acceptors (Lipinski definition) is 3. The van der Waals surface area contributed by atoms with E-state index in [1.165, 1.54) is 18.1 Å². The number of ether oxygens (including phenoxy) is 1. The van der Waals surface area contributed by atoms with E-state index in [1.807, 2.05) is 13.8 Å². The van der Waals surface area contributed by atoms with Crippen LogP contribution in [0.25, 0.3) is 0 Å². The number of aryl methyl sites for hydroxylation is 2. The topological polar surface area (TPSA) is 43.4 Å². The van der Waals surface area contributed by atoms with Gasteiger partial charge in [0.05, 0.1) is 12.2 Å². The number of carbonyl (C=O) groups excluding carboxylic acids is 2. The van der Waals surface area contributed by atoms with Gasteiger partial charge in [0.1, 0.15) is 11.2 Å². The normalized spacial score (nSPS) is 28.0. The third kappa shape index (κ3) is 3.16. The van der Waals surface area contributed by atoms with Crippen LogP contribution < -0.4 is 0 Å². The first-order chi connectivity index (χ1) is 10.8. The second kappa shape index (κ2) is 6.79. The molecule has 0 spiro atoms. The van der Waals surface area contributed by atoms with E-state index in [1.54, 1.807) is 0 Å². The minimum Gasteiger partial charge on any atom is -0.369 e. The molecule has 1 fully saturated rings. The average molecular weight is 314 g/mol. The molecule has 23 heavy (non-hydrogen) atoms. The molecule has 0 N–H and O–H groups in total. The molecule has 3 nitrogen and oxygen atoms in total. The van der Waals surface area contributed by atoms with Crippen molar-refractivity contribution in [3.05, 3.63) is 47.5 Å². The smallest absolute Gasteiger partial charge is 0.177 e. The van der Waals surface area contributed by atoms with Gasteiger partial charge in [0.15, 0.2) is 5.78 Å². The van der Waals surface area contributed by atoms with Gasteiger partial charge in [0.2, 0.25) is 0 Å². The van der Waals surface area contributed by atoms with Crippen LogP contribution in [0.2, 0.25) is 0 Å². The fourth-order valence-electron chi connectivity index (χ4n) is 3.45. The molecule has 0 aliphatic carbocycles. The molecule has 0 bridgehead atoms. The Morgan fingerprint density at radius 3 is 2.43 bits per heavy atom. The van der Waals surface area contributed by atoms with E-state index in [4.69, 9.17) is 4.74 Å². The summed E-state index contributed by atoms with van der Waals surface area (Å²) in [6.45, 7) is 11.1. The zero-order chi connectivity index (χ0) is 17.2. The summed E-state index contributed by atoms with van der Waals surface area (Å²) in [7, 11) is 0. The third-order valence-electron chi connectivity index (χ3n) is 5.11. The van der Waals surface area contributed by atoms with Gasteiger partial charge in [-0.25, -0.2) is 0 Å². The molecular weight excluding hydrogens is 288 g/mol. The Kier molecular flexibility index (Phi) is 5.20. The van der Waals surface area contributed by atoms with Gasteiger partial charge in [-0.2, -0.15) is 0 Å². The second-order valence-electron chi connectivity index (χ2n) is 6.53. The van der Waals surface area contributed by atoms with Gasteiger partial charge >= 0.3 is 0 Å². The maximum atomic E-state index is 12.8. The van der Waals surface area contributed by atoms with Crippen molar-refractivity contribution in [3.8, 4) is 0 Å². The predicted octanol–water partition coefficient (Wildman–Crippen LogP) is 3.83. The first kappa shape index (κ1) is 17.6. The summed E-state index contributed by atoms with van der Waals surface area (Å²) in [5, 5.41) is 0. The molecule has 1 saturated heterocycles. The van der Waals surface area contributed by atoms with E-state index in [2.05, 4.69) is 37.8 Å². The molecule has 0 radical (unpaired) electrons. The van der Waals surface area contributed by atoms with E-state index < -0.39 is 5.41 Å². The van der Waals surface area contributed by atoms with Crippen LogP contribution in [0, 0.1) is 12.3 Å². The molecule has 1 heterocycles. The number of Topliss-reactive ketones (excluding diaryl/α,β-unsaturated/α-hetero) is 2. The average Bonchev–Trinajstić information content (AvgIpc) is 2.52. The Bertz CT molecular complexity index is 614. The lowest BCUT2D eigenvalue weighted by molar-refractivity contribution is -0.161. The molecule has 1 aliphatic heterocycles. The van der Waals surface area contributed by atoms with Gasteiger partial charge in [0, 0.05) is 5.57 Å². The molecule has 2 rings (SSSR count). The van der Waals surface area contributed by atoms with Gasteiger partial charge in [-0.15, -0.1) is 0 Å². The van der Waals surface area contributed by atoms with Crippen LogP contribution in [0.15, 0.2) is 36.4 Å². The van der Waals surface area contributed by atoms with Crippen LogP contribution in [-0.4, -0.2) is 23.8 Å². The Morgan fingerprint density at radius 1 is 1.30 bits per heavy atom. The van der Waals surface area contributed by atoms with E-state index >= 15 is 0 Å². The molecule has 1 aliphatic rings. The fraction of sp³-hybridized carbons (Fsp3) is 0.500. The van der Waals surface area contributed by atoms with Crippen molar-refractivity contribution < 1.29 is 14.3 Å². The lowest BCUT2D eigenvalue weighted by atomic mass is 9.67. The minimum absolute atomic E-state index is 0.119. The van der Waals surface area contributed by atoms with Crippen molar-refractivity contribution in [2.45, 2.75) is 59.2 Å². The SMILES string of the molecule is C=C1C(=O)[C@](CC)(C(C)=O)C(CCc2ccc(C)cc2)O[C@@H]1C. The summed E-state index contributed by atoms with van der Waals surface area (Å²) in [5.41, 5.74) is 1.74. The Labute approximate surface area is 138 Å². The van der Waals surface area contributed by atoms with Crippen molar-refractivity contribution >= 4 is 11.6 Å². The standard InChI is InChI=1S/C20H26O3/c1-6-20(16(5)21)18(23-15(4)14(3)19(20)22)12-11-17-9-7-13(2)8-10-17/h7-10,15,18H,3,6,11-12H2,1-2,4-5H3/t15-,18?,20-/m1/s1. The number of hydrogen-bond donors (Lipinski definition) is 0. The predicted molar refractivity (Wildman–Crippen MR) is 91.4 cm³/mol. The van der Waals surface area contributed by atoms with Crippen LogP contribution >= 0.6 is 0 Å². The zero-order valence-corrected chi connectivity index (χ0v) is 14.5. The highest BCUT2D eigenvalue weighted by molar-refractivity contribution is 6.15. The third-order valence-corrected chi connectivity index (χ3v) is 5.11. The van der Waals surface area contributed by atoms with Crippen molar-refractivity contribution in [1.29, 1.82) is 0 Å². The first-order valence-electron chi connectivity index (χ1n) is 8.28. The molecule has 1 unspecified atom stereocenters. The summed E-state index contributed by atoms with van der Waals surface area (Å²) >= 11 is 0. The van der Waals surface area contributed by atoms with Crippen LogP contribution in [0.5, 0.6) is 0 Å². The van der Waals surface area contributed by atoms with E-state index in [9.17, 15) is 9.59 Å². The summed E-state index contributed by atoms with van der Waals surface area (Å²) < 4.78 is 6.04. The number of benzene rings is 1. The summed E-state index contributed by atoms with van der Waals surface area (Å²) in [4.78, 5) is 25.1. The Morgan fingerprint density at radius 2 is 1.91 bits per heavy atom. The van der Waals surface area contributed by atoms with Crippen LogP contribution in [0.1, 0.15) is 44.7 Å². The van der Waals surface area contributed by atoms with Crippen molar-refractivity contribution in [2.24, 2.45) is 5.41 Å². The number of carbonyl (C=O) groups is 2. The second-order valence-corrected chi connectivity index (χ2v) is 6.53. The largest absolute Gasteiger partial charge is 0.369 e. The molecule has 0 saturated carbocycles. The van der Waals surface area contributed by atoms with E-state index in [0.29, 0.717) is 18.4 Å². The Hall–Kier alpha value is -1.74. The van der Waals surface area contributed by atoms with Crippen molar-refractivity contribution in [3.63, 3.8) is 0 Å². The van der Waals surface area contributed by atoms with Crippen molar-refractivity contribution in [1.82, 2.24) is 0 Å². The molecule has 124 valence electrons. The number of rotatable bonds is 5. The van der Waals surface area contributed by atoms with E-state index in [-0.39, 0.29) is 23.8 Å². The molecule has 3 heteroatoms. The summed E-state index contributed by atoms with van der Waals surface area (Å²) in [6, 6.07) is 8.32. The Balaban J connectivity index is 2.25. The van der Waals surface area contributed by atoms with Gasteiger partial charge < -0.3 is 4.74 Å². The van der Waals surface area contributed by atoms with Gasteiger partial charge in [0.25, 0.3) is 0 Å². The quantitative estimate of drug-likeness (QED) is 0.613. The van der Waals surface area contributed by atoms with E-state index in [0.717, 1.165) is 6.42 Å². The first-order valence-corrected chi connectivity index (χ1v) is 8.28. The summed E-state index contributed by atoms with van der Waals surface area (Å²) in [5.74, 6) is -0.257. The molecule has 1 aromatic carbocycles.